The van der Waals surface area contributed by atoms with E-state index in [1.807, 2.05) is 0 Å². The van der Waals surface area contributed by atoms with E-state index < -0.39 is 12.6 Å². The molecule has 0 heterocycles. The summed E-state index contributed by atoms with van der Waals surface area (Å²) < 4.78 is 1.28. The van der Waals surface area contributed by atoms with E-state index in [1.54, 1.807) is 0 Å². The summed E-state index contributed by atoms with van der Waals surface area (Å²) in [5.41, 5.74) is 0. The highest BCUT2D eigenvalue weighted by Gasteiger charge is 2.16. The van der Waals surface area contributed by atoms with E-state index in [9.17, 15) is 0 Å². The first kappa shape index (κ1) is 15.8. The highest BCUT2D eigenvalue weighted by molar-refractivity contribution is 5.65. The van der Waals surface area contributed by atoms with E-state index in [2.05, 4.69) is 27.7 Å². The number of hydrogen-bond donors (Lipinski definition) is 1. The summed E-state index contributed by atoms with van der Waals surface area (Å²) in [6, 6.07) is 0. The second-order valence-electron chi connectivity index (χ2n) is 3.14. The van der Waals surface area contributed by atoms with Crippen LogP contribution in [0.3, 0.4) is 0 Å². The van der Waals surface area contributed by atoms with Gasteiger partial charge in [-0.3, -0.25) is 0 Å². The van der Waals surface area contributed by atoms with Gasteiger partial charge in [-0.2, -0.15) is 0 Å². The second-order valence-corrected chi connectivity index (χ2v) is 3.14. The molecule has 4 nitrogen and oxygen atoms in total. The predicted molar refractivity (Wildman–Crippen MR) is 54.5 cm³/mol. The SMILES string of the molecule is CC[N+](CC)(CC)CC.O=C([O-])CO. The summed E-state index contributed by atoms with van der Waals surface area (Å²) in [4.78, 5) is 9.01. The Hall–Kier alpha value is -0.610. The average molecular weight is 205 g/mol. The van der Waals surface area contributed by atoms with Crippen LogP contribution in [0.2, 0.25) is 0 Å². The lowest BCUT2D eigenvalue weighted by molar-refractivity contribution is -0.921. The number of quaternary nitrogens is 1. The molecule has 0 aliphatic carbocycles. The molecule has 0 rings (SSSR count). The van der Waals surface area contributed by atoms with Crippen LogP contribution in [0.4, 0.5) is 0 Å². The maximum atomic E-state index is 9.01. The van der Waals surface area contributed by atoms with Crippen LogP contribution in [0, 0.1) is 0 Å². The first-order valence-corrected chi connectivity index (χ1v) is 5.17. The topological polar surface area (TPSA) is 60.4 Å². The van der Waals surface area contributed by atoms with E-state index in [-0.39, 0.29) is 0 Å². The van der Waals surface area contributed by atoms with Gasteiger partial charge in [0.15, 0.2) is 0 Å². The summed E-state index contributed by atoms with van der Waals surface area (Å²) in [5.74, 6) is -1.44. The van der Waals surface area contributed by atoms with Crippen molar-refractivity contribution in [2.45, 2.75) is 27.7 Å². The monoisotopic (exact) mass is 205 g/mol. The molecule has 0 amide bonds. The summed E-state index contributed by atoms with van der Waals surface area (Å²) >= 11 is 0. The Morgan fingerprint density at radius 1 is 1.07 bits per heavy atom. The van der Waals surface area contributed by atoms with Gasteiger partial charge in [-0.05, 0) is 27.7 Å². The lowest BCUT2D eigenvalue weighted by Crippen LogP contribution is -2.47. The minimum atomic E-state index is -1.44. The van der Waals surface area contributed by atoms with Gasteiger partial charge in [-0.1, -0.05) is 0 Å². The minimum absolute atomic E-state index is 0.889. The fraction of sp³-hybridized carbons (Fsp3) is 0.900. The Balaban J connectivity index is 0. The third-order valence-corrected chi connectivity index (χ3v) is 2.81. The minimum Gasteiger partial charge on any atom is -0.548 e. The standard InChI is InChI=1S/C8H20N.C2H4O3/c1-5-9(6-2,7-3)8-4;3-1-2(4)5/h5-8H2,1-4H3;3H,1H2,(H,4,5)/q+1;/p-1. The zero-order valence-corrected chi connectivity index (χ0v) is 9.75. The Bertz CT molecular complexity index is 127. The smallest absolute Gasteiger partial charge is 0.0826 e. The molecule has 4 heteroatoms. The summed E-state index contributed by atoms with van der Waals surface area (Å²) in [6.07, 6.45) is 0. The molecule has 0 saturated heterocycles. The highest BCUT2D eigenvalue weighted by atomic mass is 16.4. The third kappa shape index (κ3) is 6.86. The van der Waals surface area contributed by atoms with Gasteiger partial charge >= 0.3 is 0 Å². The fourth-order valence-electron chi connectivity index (χ4n) is 1.34. The van der Waals surface area contributed by atoms with Crippen LogP contribution >= 0.6 is 0 Å². The number of rotatable bonds is 5. The van der Waals surface area contributed by atoms with Gasteiger partial charge in [0.05, 0.1) is 38.8 Å². The van der Waals surface area contributed by atoms with Crippen molar-refractivity contribution >= 4 is 5.97 Å². The summed E-state index contributed by atoms with van der Waals surface area (Å²) in [7, 11) is 0. The maximum Gasteiger partial charge on any atom is 0.0826 e. The molecule has 0 aliphatic rings. The molecule has 86 valence electrons. The number of hydrogen-bond acceptors (Lipinski definition) is 3. The molecule has 0 bridgehead atoms. The Labute approximate surface area is 86.7 Å². The molecule has 14 heavy (non-hydrogen) atoms. The second kappa shape index (κ2) is 8.97. The Morgan fingerprint density at radius 3 is 1.29 bits per heavy atom. The lowest BCUT2D eigenvalue weighted by Gasteiger charge is -2.34. The molecule has 0 aromatic rings. The van der Waals surface area contributed by atoms with Crippen LogP contribution < -0.4 is 5.11 Å². The van der Waals surface area contributed by atoms with Gasteiger partial charge in [-0.15, -0.1) is 0 Å². The van der Waals surface area contributed by atoms with Crippen molar-refractivity contribution in [2.24, 2.45) is 0 Å². The summed E-state index contributed by atoms with van der Waals surface area (Å²) in [5, 5.41) is 16.5. The number of nitrogens with zero attached hydrogens (tertiary/aromatic N) is 1. The zero-order chi connectivity index (χ0) is 11.6. The van der Waals surface area contributed by atoms with Crippen LogP contribution in [-0.4, -0.2) is 48.3 Å². The van der Waals surface area contributed by atoms with E-state index >= 15 is 0 Å². The van der Waals surface area contributed by atoms with E-state index in [0.717, 1.165) is 0 Å². The van der Waals surface area contributed by atoms with Crippen LogP contribution in [0.5, 0.6) is 0 Å². The number of carboxylic acid groups (broad SMARTS) is 1. The van der Waals surface area contributed by atoms with Crippen LogP contribution in [0.25, 0.3) is 0 Å². The quantitative estimate of drug-likeness (QED) is 0.622. The molecule has 0 aliphatic heterocycles. The molecule has 0 aromatic carbocycles. The predicted octanol–water partition coefficient (Wildman–Crippen LogP) is -0.389. The van der Waals surface area contributed by atoms with E-state index in [4.69, 9.17) is 15.0 Å². The molecule has 0 atom stereocenters. The number of aliphatic hydroxyl groups is 1. The number of carbonyl (C=O) groups is 1. The average Bonchev–Trinajstić information content (AvgIpc) is 2.23. The molecule has 0 aromatic heterocycles. The Kier molecular flexibility index (Phi) is 10.1. The van der Waals surface area contributed by atoms with Crippen LogP contribution in [0.1, 0.15) is 27.7 Å². The summed E-state index contributed by atoms with van der Waals surface area (Å²) in [6.45, 7) is 13.3. The van der Waals surface area contributed by atoms with Gasteiger partial charge < -0.3 is 19.5 Å². The first-order chi connectivity index (χ1) is 6.51. The van der Waals surface area contributed by atoms with Gasteiger partial charge in [-0.25, -0.2) is 0 Å². The van der Waals surface area contributed by atoms with Crippen molar-refractivity contribution in [3.8, 4) is 0 Å². The van der Waals surface area contributed by atoms with Crippen LogP contribution in [-0.2, 0) is 4.79 Å². The van der Waals surface area contributed by atoms with Crippen molar-refractivity contribution in [2.75, 3.05) is 32.8 Å². The molecular formula is C10H23NO3. The molecular weight excluding hydrogens is 182 g/mol. The number of aliphatic hydroxyl groups excluding tert-OH is 1. The largest absolute Gasteiger partial charge is 0.548 e. The third-order valence-electron chi connectivity index (χ3n) is 2.81. The van der Waals surface area contributed by atoms with Crippen molar-refractivity contribution in [3.05, 3.63) is 0 Å². The van der Waals surface area contributed by atoms with Crippen molar-refractivity contribution in [3.63, 3.8) is 0 Å². The maximum absolute atomic E-state index is 9.01. The molecule has 0 spiro atoms. The van der Waals surface area contributed by atoms with Gasteiger partial charge in [0.2, 0.25) is 0 Å². The highest BCUT2D eigenvalue weighted by Crippen LogP contribution is 2.03. The van der Waals surface area contributed by atoms with Crippen LogP contribution in [0.15, 0.2) is 0 Å². The number of carbonyl (C=O) groups excluding carboxylic acids is 1. The first-order valence-electron chi connectivity index (χ1n) is 5.17. The van der Waals surface area contributed by atoms with Crippen molar-refractivity contribution < 1.29 is 19.5 Å². The zero-order valence-electron chi connectivity index (χ0n) is 9.75. The normalized spacial score (nSPS) is 10.4. The number of carboxylic acids is 1. The fourth-order valence-corrected chi connectivity index (χ4v) is 1.34. The molecule has 0 radical (unpaired) electrons. The number of aliphatic carboxylic acids is 1. The van der Waals surface area contributed by atoms with Crippen molar-refractivity contribution in [1.29, 1.82) is 0 Å². The van der Waals surface area contributed by atoms with E-state index in [1.165, 1.54) is 30.7 Å². The molecule has 0 fully saturated rings. The Morgan fingerprint density at radius 2 is 1.29 bits per heavy atom. The van der Waals surface area contributed by atoms with E-state index in [0.29, 0.717) is 0 Å². The van der Waals surface area contributed by atoms with Gasteiger partial charge in [0, 0.05) is 0 Å². The van der Waals surface area contributed by atoms with Gasteiger partial charge in [0.25, 0.3) is 0 Å². The molecule has 0 unspecified atom stereocenters. The molecule has 0 saturated carbocycles. The lowest BCUT2D eigenvalue weighted by atomic mass is 10.3. The van der Waals surface area contributed by atoms with Crippen molar-refractivity contribution in [1.82, 2.24) is 0 Å². The molecule has 1 N–H and O–H groups in total. The van der Waals surface area contributed by atoms with Gasteiger partial charge in [0.1, 0.15) is 0 Å².